The summed E-state index contributed by atoms with van der Waals surface area (Å²) in [5.41, 5.74) is 0.404. The number of halogens is 1. The van der Waals surface area contributed by atoms with Gasteiger partial charge >= 0.3 is 5.97 Å². The second-order valence-electron chi connectivity index (χ2n) is 4.79. The molecule has 1 N–H and O–H groups in total. The number of nitrogens with zero attached hydrogens (tertiary/aromatic N) is 1. The second kappa shape index (κ2) is 4.63. The largest absolute Gasteiger partial charge is 0.480 e. The Morgan fingerprint density at radius 2 is 2.15 bits per heavy atom. The normalized spacial score (nSPS) is 18.6. The third-order valence-electron chi connectivity index (χ3n) is 3.49. The van der Waals surface area contributed by atoms with Crippen LogP contribution < -0.4 is 0 Å². The van der Waals surface area contributed by atoms with Crippen LogP contribution >= 0.6 is 0 Å². The van der Waals surface area contributed by atoms with Crippen molar-refractivity contribution >= 4 is 22.8 Å². The van der Waals surface area contributed by atoms with Gasteiger partial charge in [-0.1, -0.05) is 0 Å². The van der Waals surface area contributed by atoms with E-state index in [0.29, 0.717) is 30.4 Å². The first-order chi connectivity index (χ1) is 9.56. The summed E-state index contributed by atoms with van der Waals surface area (Å²) in [5.74, 6) is -1.86. The Morgan fingerprint density at radius 3 is 2.90 bits per heavy atom. The highest BCUT2D eigenvalue weighted by Crippen LogP contribution is 2.25. The van der Waals surface area contributed by atoms with Crippen LogP contribution in [0.15, 0.2) is 28.7 Å². The number of carbonyl (C=O) groups is 2. The molecule has 5 nitrogen and oxygen atoms in total. The quantitative estimate of drug-likeness (QED) is 0.914. The highest BCUT2D eigenvalue weighted by molar-refractivity contribution is 5.98. The number of carboxylic acids is 1. The van der Waals surface area contributed by atoms with Gasteiger partial charge < -0.3 is 14.4 Å². The van der Waals surface area contributed by atoms with Crippen molar-refractivity contribution in [3.63, 3.8) is 0 Å². The van der Waals surface area contributed by atoms with E-state index in [1.165, 1.54) is 29.2 Å². The first-order valence-corrected chi connectivity index (χ1v) is 6.29. The first-order valence-electron chi connectivity index (χ1n) is 6.29. The molecule has 1 aromatic carbocycles. The van der Waals surface area contributed by atoms with Crippen LogP contribution in [-0.4, -0.2) is 34.5 Å². The predicted molar refractivity (Wildman–Crippen MR) is 67.9 cm³/mol. The van der Waals surface area contributed by atoms with Gasteiger partial charge in [0.25, 0.3) is 5.91 Å². The fourth-order valence-electron chi connectivity index (χ4n) is 2.53. The summed E-state index contributed by atoms with van der Waals surface area (Å²) >= 11 is 0. The number of furan rings is 1. The van der Waals surface area contributed by atoms with Crippen LogP contribution in [0.25, 0.3) is 11.0 Å². The number of fused-ring (bicyclic) bond motifs is 1. The van der Waals surface area contributed by atoms with Crippen LogP contribution in [0.2, 0.25) is 0 Å². The SMILES string of the molecule is O=C(O)[C@@H]1CCCN1C(=O)c1cc2cc(F)ccc2o1. The average molecular weight is 277 g/mol. The molecule has 1 aromatic heterocycles. The van der Waals surface area contributed by atoms with Gasteiger partial charge in [0.2, 0.25) is 0 Å². The van der Waals surface area contributed by atoms with Gasteiger partial charge in [0, 0.05) is 11.9 Å². The zero-order valence-corrected chi connectivity index (χ0v) is 10.5. The molecule has 3 rings (SSSR count). The van der Waals surface area contributed by atoms with Crippen LogP contribution in [0.1, 0.15) is 23.4 Å². The average Bonchev–Trinajstić information content (AvgIpc) is 3.03. The van der Waals surface area contributed by atoms with E-state index in [4.69, 9.17) is 9.52 Å². The highest BCUT2D eigenvalue weighted by atomic mass is 19.1. The van der Waals surface area contributed by atoms with Gasteiger partial charge in [-0.15, -0.1) is 0 Å². The molecule has 2 heterocycles. The van der Waals surface area contributed by atoms with Crippen molar-refractivity contribution in [2.24, 2.45) is 0 Å². The molecule has 0 bridgehead atoms. The van der Waals surface area contributed by atoms with E-state index in [0.717, 1.165) is 0 Å². The summed E-state index contributed by atoms with van der Waals surface area (Å²) in [5, 5.41) is 9.57. The first kappa shape index (κ1) is 12.7. The molecule has 0 saturated carbocycles. The number of carboxylic acid groups (broad SMARTS) is 1. The lowest BCUT2D eigenvalue weighted by molar-refractivity contribution is -0.141. The molecule has 1 amide bonds. The fraction of sp³-hybridized carbons (Fsp3) is 0.286. The Bertz CT molecular complexity index is 694. The van der Waals surface area contributed by atoms with Crippen molar-refractivity contribution in [2.75, 3.05) is 6.54 Å². The Hall–Kier alpha value is -2.37. The number of benzene rings is 1. The van der Waals surface area contributed by atoms with E-state index in [1.807, 2.05) is 0 Å². The molecule has 0 aliphatic carbocycles. The van der Waals surface area contributed by atoms with E-state index in [-0.39, 0.29) is 5.76 Å². The molecule has 1 saturated heterocycles. The maximum absolute atomic E-state index is 13.1. The minimum absolute atomic E-state index is 0.0405. The van der Waals surface area contributed by atoms with E-state index in [2.05, 4.69) is 0 Å². The summed E-state index contributed by atoms with van der Waals surface area (Å²) in [6, 6.07) is 4.59. The summed E-state index contributed by atoms with van der Waals surface area (Å²) in [6.45, 7) is 0.390. The molecule has 2 aromatic rings. The Labute approximate surface area is 113 Å². The Morgan fingerprint density at radius 1 is 1.35 bits per heavy atom. The molecule has 104 valence electrons. The number of likely N-dealkylation sites (tertiary alicyclic amines) is 1. The number of hydrogen-bond donors (Lipinski definition) is 1. The third-order valence-corrected chi connectivity index (χ3v) is 3.49. The smallest absolute Gasteiger partial charge is 0.326 e. The van der Waals surface area contributed by atoms with Gasteiger partial charge in [0.1, 0.15) is 17.4 Å². The number of amides is 1. The number of rotatable bonds is 2. The maximum Gasteiger partial charge on any atom is 0.326 e. The van der Waals surface area contributed by atoms with Crippen LogP contribution in [0.4, 0.5) is 4.39 Å². The lowest BCUT2D eigenvalue weighted by Crippen LogP contribution is -2.40. The molecule has 0 spiro atoms. The van der Waals surface area contributed by atoms with Crippen LogP contribution in [0.3, 0.4) is 0 Å². The van der Waals surface area contributed by atoms with E-state index >= 15 is 0 Å². The summed E-state index contributed by atoms with van der Waals surface area (Å²) in [4.78, 5) is 24.7. The molecular weight excluding hydrogens is 265 g/mol. The van der Waals surface area contributed by atoms with E-state index in [1.54, 1.807) is 0 Å². The lowest BCUT2D eigenvalue weighted by atomic mass is 10.2. The van der Waals surface area contributed by atoms with Crippen molar-refractivity contribution in [3.8, 4) is 0 Å². The number of hydrogen-bond acceptors (Lipinski definition) is 3. The van der Waals surface area contributed by atoms with Crippen molar-refractivity contribution in [3.05, 3.63) is 35.8 Å². The van der Waals surface area contributed by atoms with Crippen molar-refractivity contribution in [1.29, 1.82) is 0 Å². The number of carbonyl (C=O) groups excluding carboxylic acids is 1. The van der Waals surface area contributed by atoms with Gasteiger partial charge in [0.05, 0.1) is 0 Å². The highest BCUT2D eigenvalue weighted by Gasteiger charge is 2.35. The van der Waals surface area contributed by atoms with Crippen molar-refractivity contribution < 1.29 is 23.5 Å². The molecule has 20 heavy (non-hydrogen) atoms. The fourth-order valence-corrected chi connectivity index (χ4v) is 2.53. The molecule has 1 fully saturated rings. The minimum Gasteiger partial charge on any atom is -0.480 e. The van der Waals surface area contributed by atoms with Crippen molar-refractivity contribution in [2.45, 2.75) is 18.9 Å². The van der Waals surface area contributed by atoms with Gasteiger partial charge in [0.15, 0.2) is 5.76 Å². The maximum atomic E-state index is 13.1. The summed E-state index contributed by atoms with van der Waals surface area (Å²) in [7, 11) is 0. The molecule has 6 heteroatoms. The summed E-state index contributed by atoms with van der Waals surface area (Å²) in [6.07, 6.45) is 1.09. The molecule has 0 unspecified atom stereocenters. The van der Waals surface area contributed by atoms with Gasteiger partial charge in [-0.3, -0.25) is 4.79 Å². The molecule has 1 atom stereocenters. The zero-order chi connectivity index (χ0) is 14.3. The van der Waals surface area contributed by atoms with Gasteiger partial charge in [-0.05, 0) is 37.1 Å². The monoisotopic (exact) mass is 277 g/mol. The van der Waals surface area contributed by atoms with Crippen molar-refractivity contribution in [1.82, 2.24) is 4.90 Å². The van der Waals surface area contributed by atoms with Crippen LogP contribution in [0.5, 0.6) is 0 Å². The predicted octanol–water partition coefficient (Wildman–Crippen LogP) is 2.26. The number of aliphatic carboxylic acids is 1. The minimum atomic E-state index is -1.02. The Balaban J connectivity index is 1.94. The van der Waals surface area contributed by atoms with E-state index in [9.17, 15) is 14.0 Å². The molecular formula is C14H12FNO4. The summed E-state index contributed by atoms with van der Waals surface area (Å²) < 4.78 is 18.5. The third kappa shape index (κ3) is 2.03. The van der Waals surface area contributed by atoms with Gasteiger partial charge in [-0.2, -0.15) is 0 Å². The Kier molecular flexibility index (Phi) is 2.93. The second-order valence-corrected chi connectivity index (χ2v) is 4.79. The molecule has 1 aliphatic heterocycles. The zero-order valence-electron chi connectivity index (χ0n) is 10.5. The topological polar surface area (TPSA) is 70.8 Å². The lowest BCUT2D eigenvalue weighted by Gasteiger charge is -2.19. The van der Waals surface area contributed by atoms with E-state index < -0.39 is 23.7 Å². The molecule has 1 aliphatic rings. The van der Waals surface area contributed by atoms with Crippen LogP contribution in [0, 0.1) is 5.82 Å². The van der Waals surface area contributed by atoms with Crippen LogP contribution in [-0.2, 0) is 4.79 Å². The molecule has 0 radical (unpaired) electrons. The van der Waals surface area contributed by atoms with Gasteiger partial charge in [-0.25, -0.2) is 9.18 Å². The standard InChI is InChI=1S/C14H12FNO4/c15-9-3-4-11-8(6-9)7-12(20-11)13(17)16-5-1-2-10(16)14(18)19/h3-4,6-7,10H,1-2,5H2,(H,18,19)/t10-/m0/s1.